The number of hydrogen-bond acceptors (Lipinski definition) is 4. The molecular formula is C13H27NO3. The Bertz CT molecular complexity index is 221. The highest BCUT2D eigenvalue weighted by molar-refractivity contribution is 5.72. The van der Waals surface area contributed by atoms with Gasteiger partial charge in [-0.3, -0.25) is 4.79 Å². The molecule has 0 saturated carbocycles. The van der Waals surface area contributed by atoms with Gasteiger partial charge in [0.2, 0.25) is 0 Å². The highest BCUT2D eigenvalue weighted by atomic mass is 16.5. The number of carbonyl (C=O) groups excluding carboxylic acids is 1. The van der Waals surface area contributed by atoms with Gasteiger partial charge in [0.25, 0.3) is 0 Å². The lowest BCUT2D eigenvalue weighted by Gasteiger charge is -2.28. The molecule has 0 amide bonds. The van der Waals surface area contributed by atoms with Gasteiger partial charge in [-0.15, -0.1) is 0 Å². The maximum absolute atomic E-state index is 11.5. The molecule has 0 aromatic rings. The van der Waals surface area contributed by atoms with Crippen LogP contribution in [0.5, 0.6) is 0 Å². The van der Waals surface area contributed by atoms with E-state index in [0.717, 1.165) is 12.8 Å². The largest absolute Gasteiger partial charge is 0.469 e. The Balaban J connectivity index is 4.38. The smallest absolute Gasteiger partial charge is 0.311 e. The van der Waals surface area contributed by atoms with Gasteiger partial charge in [0, 0.05) is 7.11 Å². The molecule has 0 aliphatic carbocycles. The van der Waals surface area contributed by atoms with Crippen LogP contribution >= 0.6 is 0 Å². The summed E-state index contributed by atoms with van der Waals surface area (Å²) in [5.74, 6) is 0.424. The summed E-state index contributed by atoms with van der Waals surface area (Å²) in [7, 11) is 3.06. The Hall–Kier alpha value is -0.610. The number of carbonyl (C=O) groups is 1. The Morgan fingerprint density at radius 1 is 1.24 bits per heavy atom. The van der Waals surface area contributed by atoms with Gasteiger partial charge in [-0.25, -0.2) is 0 Å². The molecule has 17 heavy (non-hydrogen) atoms. The summed E-state index contributed by atoms with van der Waals surface area (Å²) in [5.41, 5.74) is 5.54. The lowest BCUT2D eigenvalue weighted by atomic mass is 9.85. The molecule has 4 heteroatoms. The number of rotatable bonds is 8. The highest BCUT2D eigenvalue weighted by Gasteiger charge is 2.30. The molecule has 0 aromatic carbocycles. The molecule has 0 heterocycles. The van der Waals surface area contributed by atoms with E-state index in [1.807, 2.05) is 6.92 Å². The number of ether oxygens (including phenoxy) is 2. The molecule has 0 rings (SSSR count). The Labute approximate surface area is 105 Å². The SMILES string of the molecule is COC(=O)C(C)C(OC)C(C)C[C@@H](C)CCN. The molecule has 0 radical (unpaired) electrons. The van der Waals surface area contributed by atoms with E-state index in [2.05, 4.69) is 13.8 Å². The van der Waals surface area contributed by atoms with Gasteiger partial charge in [0.15, 0.2) is 0 Å². The van der Waals surface area contributed by atoms with E-state index in [4.69, 9.17) is 15.2 Å². The van der Waals surface area contributed by atoms with Crippen molar-refractivity contribution in [2.24, 2.45) is 23.5 Å². The fourth-order valence-electron chi connectivity index (χ4n) is 2.42. The van der Waals surface area contributed by atoms with Crippen molar-refractivity contribution in [1.82, 2.24) is 0 Å². The first-order chi connectivity index (χ1) is 7.97. The zero-order valence-electron chi connectivity index (χ0n) is 11.7. The predicted octanol–water partition coefficient (Wildman–Crippen LogP) is 1.82. The van der Waals surface area contributed by atoms with E-state index in [9.17, 15) is 4.79 Å². The van der Waals surface area contributed by atoms with E-state index in [-0.39, 0.29) is 18.0 Å². The van der Waals surface area contributed by atoms with Gasteiger partial charge in [-0.2, -0.15) is 0 Å². The second kappa shape index (κ2) is 8.48. The first-order valence-corrected chi connectivity index (χ1v) is 6.28. The van der Waals surface area contributed by atoms with Crippen molar-refractivity contribution in [1.29, 1.82) is 0 Å². The van der Waals surface area contributed by atoms with Gasteiger partial charge in [0.1, 0.15) is 0 Å². The summed E-state index contributed by atoms with van der Waals surface area (Å²) < 4.78 is 10.2. The summed E-state index contributed by atoms with van der Waals surface area (Å²) in [5, 5.41) is 0. The monoisotopic (exact) mass is 245 g/mol. The molecule has 0 saturated heterocycles. The van der Waals surface area contributed by atoms with Crippen LogP contribution in [0, 0.1) is 17.8 Å². The minimum absolute atomic E-state index is 0.0947. The normalized spacial score (nSPS) is 18.2. The summed E-state index contributed by atoms with van der Waals surface area (Å²) in [6.07, 6.45) is 1.92. The molecular weight excluding hydrogens is 218 g/mol. The zero-order valence-corrected chi connectivity index (χ0v) is 11.7. The fraction of sp³-hybridized carbons (Fsp3) is 0.923. The van der Waals surface area contributed by atoms with Crippen molar-refractivity contribution in [2.75, 3.05) is 20.8 Å². The Morgan fingerprint density at radius 3 is 2.24 bits per heavy atom. The average molecular weight is 245 g/mol. The number of nitrogens with two attached hydrogens (primary N) is 1. The Kier molecular flexibility index (Phi) is 8.17. The number of esters is 1. The van der Waals surface area contributed by atoms with Gasteiger partial charge in [-0.05, 0) is 38.1 Å². The third kappa shape index (κ3) is 5.50. The summed E-state index contributed by atoms with van der Waals surface area (Å²) in [4.78, 5) is 11.5. The molecule has 0 aliphatic heterocycles. The van der Waals surface area contributed by atoms with Crippen LogP contribution in [-0.4, -0.2) is 32.8 Å². The Morgan fingerprint density at radius 2 is 1.82 bits per heavy atom. The van der Waals surface area contributed by atoms with E-state index in [0.29, 0.717) is 18.4 Å². The van der Waals surface area contributed by atoms with Crippen LogP contribution in [0.25, 0.3) is 0 Å². The second-order valence-electron chi connectivity index (χ2n) is 4.91. The van der Waals surface area contributed by atoms with Crippen molar-refractivity contribution in [3.8, 4) is 0 Å². The zero-order chi connectivity index (χ0) is 13.4. The second-order valence-corrected chi connectivity index (χ2v) is 4.91. The van der Waals surface area contributed by atoms with E-state index in [1.54, 1.807) is 7.11 Å². The van der Waals surface area contributed by atoms with E-state index in [1.165, 1.54) is 7.11 Å². The third-order valence-corrected chi connectivity index (χ3v) is 3.33. The van der Waals surface area contributed by atoms with Gasteiger partial charge < -0.3 is 15.2 Å². The van der Waals surface area contributed by atoms with Crippen LogP contribution in [0.4, 0.5) is 0 Å². The summed E-state index contributed by atoms with van der Waals surface area (Å²) >= 11 is 0. The van der Waals surface area contributed by atoms with Crippen LogP contribution < -0.4 is 5.73 Å². The summed E-state index contributed by atoms with van der Waals surface area (Å²) in [6, 6.07) is 0. The number of hydrogen-bond donors (Lipinski definition) is 1. The molecule has 3 unspecified atom stereocenters. The maximum Gasteiger partial charge on any atom is 0.311 e. The predicted molar refractivity (Wildman–Crippen MR) is 68.6 cm³/mol. The topological polar surface area (TPSA) is 61.5 Å². The third-order valence-electron chi connectivity index (χ3n) is 3.33. The molecule has 0 aliphatic rings. The molecule has 102 valence electrons. The highest BCUT2D eigenvalue weighted by Crippen LogP contribution is 2.24. The van der Waals surface area contributed by atoms with Crippen LogP contribution in [0.1, 0.15) is 33.6 Å². The van der Waals surface area contributed by atoms with Crippen molar-refractivity contribution in [2.45, 2.75) is 39.7 Å². The van der Waals surface area contributed by atoms with Crippen molar-refractivity contribution >= 4 is 5.97 Å². The lowest BCUT2D eigenvalue weighted by Crippen LogP contribution is -2.34. The minimum atomic E-state index is -0.231. The lowest BCUT2D eigenvalue weighted by molar-refractivity contribution is -0.151. The van der Waals surface area contributed by atoms with Gasteiger partial charge in [-0.1, -0.05) is 13.8 Å². The van der Waals surface area contributed by atoms with E-state index < -0.39 is 0 Å². The molecule has 4 atom stereocenters. The van der Waals surface area contributed by atoms with Crippen molar-refractivity contribution in [3.05, 3.63) is 0 Å². The molecule has 0 spiro atoms. The standard InChI is InChI=1S/C13H27NO3/c1-9(6-7-14)8-10(2)12(16-4)11(3)13(15)17-5/h9-12H,6-8,14H2,1-5H3/t9-,10?,11?,12?/m0/s1. The van der Waals surface area contributed by atoms with E-state index >= 15 is 0 Å². The van der Waals surface area contributed by atoms with Gasteiger partial charge >= 0.3 is 5.97 Å². The van der Waals surface area contributed by atoms with Crippen molar-refractivity contribution < 1.29 is 14.3 Å². The van der Waals surface area contributed by atoms with Gasteiger partial charge in [0.05, 0.1) is 19.1 Å². The maximum atomic E-state index is 11.5. The average Bonchev–Trinajstić information content (AvgIpc) is 2.28. The molecule has 0 fully saturated rings. The van der Waals surface area contributed by atoms with Crippen LogP contribution in [0.2, 0.25) is 0 Å². The first kappa shape index (κ1) is 16.4. The first-order valence-electron chi connectivity index (χ1n) is 6.28. The van der Waals surface area contributed by atoms with Crippen molar-refractivity contribution in [3.63, 3.8) is 0 Å². The van der Waals surface area contributed by atoms with Crippen LogP contribution in [-0.2, 0) is 14.3 Å². The van der Waals surface area contributed by atoms with Crippen LogP contribution in [0.3, 0.4) is 0 Å². The molecule has 0 aromatic heterocycles. The minimum Gasteiger partial charge on any atom is -0.469 e. The molecule has 4 nitrogen and oxygen atoms in total. The molecule has 2 N–H and O–H groups in total. The quantitative estimate of drug-likeness (QED) is 0.663. The number of methoxy groups -OCH3 is 2. The molecule has 0 bridgehead atoms. The fourth-order valence-corrected chi connectivity index (χ4v) is 2.42. The van der Waals surface area contributed by atoms with Crippen LogP contribution in [0.15, 0.2) is 0 Å². The summed E-state index contributed by atoms with van der Waals surface area (Å²) in [6.45, 7) is 6.85.